The van der Waals surface area contributed by atoms with Gasteiger partial charge in [0.05, 0.1) is 23.8 Å². The summed E-state index contributed by atoms with van der Waals surface area (Å²) in [6, 6.07) is 26.8. The number of rotatable bonds is 6. The van der Waals surface area contributed by atoms with E-state index in [-0.39, 0.29) is 24.5 Å². The molecule has 0 saturated carbocycles. The molecule has 0 spiro atoms. The minimum atomic E-state index is -0.772. The fraction of sp³-hybridized carbons (Fsp3) is 0.156. The molecule has 1 N–H and O–H groups in total. The van der Waals surface area contributed by atoms with Gasteiger partial charge in [-0.15, -0.1) is 0 Å². The molecule has 1 fully saturated rings. The van der Waals surface area contributed by atoms with Crippen LogP contribution in [0, 0.1) is 6.92 Å². The van der Waals surface area contributed by atoms with E-state index in [4.69, 9.17) is 4.74 Å². The lowest BCUT2D eigenvalue weighted by atomic mass is 9.93. The highest BCUT2D eigenvalue weighted by Crippen LogP contribution is 2.40. The van der Waals surface area contributed by atoms with Gasteiger partial charge in [0.25, 0.3) is 11.7 Å². The van der Waals surface area contributed by atoms with E-state index in [1.54, 1.807) is 37.3 Å². The Morgan fingerprint density at radius 2 is 1.58 bits per heavy atom. The predicted octanol–water partition coefficient (Wildman–Crippen LogP) is 5.95. The van der Waals surface area contributed by atoms with Gasteiger partial charge in [0.1, 0.15) is 5.76 Å². The van der Waals surface area contributed by atoms with Crippen LogP contribution in [0.5, 0.6) is 0 Å². The molecule has 6 heteroatoms. The predicted molar refractivity (Wildman–Crippen MR) is 145 cm³/mol. The second kappa shape index (κ2) is 10.3. The van der Waals surface area contributed by atoms with Gasteiger partial charge in [-0.05, 0) is 53.9 Å². The number of carbonyl (C=O) groups excluding carboxylic acids is 3. The van der Waals surface area contributed by atoms with Gasteiger partial charge in [-0.1, -0.05) is 78.4 Å². The van der Waals surface area contributed by atoms with Gasteiger partial charge in [-0.3, -0.25) is 9.59 Å². The SMILES string of the molecule is CCOC(=O)c1ccc(CN2C(=O)C(=O)/C(=C(\O)c3ccc4ccccc4c3)C2c2cccc(C)c2)cc1. The topological polar surface area (TPSA) is 83.9 Å². The summed E-state index contributed by atoms with van der Waals surface area (Å²) >= 11 is 0. The van der Waals surface area contributed by atoms with Crippen LogP contribution in [0.1, 0.15) is 45.6 Å². The van der Waals surface area contributed by atoms with E-state index in [1.807, 2.05) is 67.6 Å². The van der Waals surface area contributed by atoms with Crippen molar-refractivity contribution in [3.05, 3.63) is 124 Å². The van der Waals surface area contributed by atoms with E-state index in [0.717, 1.165) is 27.5 Å². The number of aryl methyl sites for hydroxylation is 1. The second-order valence-electron chi connectivity index (χ2n) is 9.32. The average molecular weight is 506 g/mol. The first kappa shape index (κ1) is 25.0. The van der Waals surface area contributed by atoms with E-state index in [0.29, 0.717) is 11.1 Å². The van der Waals surface area contributed by atoms with Crippen LogP contribution in [0.3, 0.4) is 0 Å². The van der Waals surface area contributed by atoms with Gasteiger partial charge in [0.15, 0.2) is 0 Å². The molecule has 0 aliphatic carbocycles. The van der Waals surface area contributed by atoms with Crippen LogP contribution in [0.2, 0.25) is 0 Å². The van der Waals surface area contributed by atoms with Crippen molar-refractivity contribution in [3.63, 3.8) is 0 Å². The zero-order valence-corrected chi connectivity index (χ0v) is 21.2. The Labute approximate surface area is 220 Å². The molecule has 1 atom stereocenters. The first-order chi connectivity index (χ1) is 18.4. The molecule has 0 bridgehead atoms. The van der Waals surface area contributed by atoms with Gasteiger partial charge >= 0.3 is 5.97 Å². The third-order valence-electron chi connectivity index (χ3n) is 6.74. The minimum Gasteiger partial charge on any atom is -0.507 e. The number of Topliss-reactive ketones (excluding diaryl/α,β-unsaturated/α-hetero) is 1. The molecule has 190 valence electrons. The van der Waals surface area contributed by atoms with Crippen LogP contribution < -0.4 is 0 Å². The summed E-state index contributed by atoms with van der Waals surface area (Å²) in [5, 5.41) is 13.4. The number of fused-ring (bicyclic) bond motifs is 1. The number of likely N-dealkylation sites (tertiary alicyclic amines) is 1. The molecule has 0 aromatic heterocycles. The van der Waals surface area contributed by atoms with Crippen LogP contribution >= 0.6 is 0 Å². The second-order valence-corrected chi connectivity index (χ2v) is 9.32. The molecule has 4 aromatic rings. The van der Waals surface area contributed by atoms with Gasteiger partial charge in [-0.25, -0.2) is 4.79 Å². The Morgan fingerprint density at radius 3 is 2.29 bits per heavy atom. The first-order valence-corrected chi connectivity index (χ1v) is 12.5. The summed E-state index contributed by atoms with van der Waals surface area (Å²) in [5.74, 6) is -2.05. The van der Waals surface area contributed by atoms with Crippen LogP contribution in [-0.2, 0) is 20.9 Å². The number of amides is 1. The maximum absolute atomic E-state index is 13.4. The smallest absolute Gasteiger partial charge is 0.338 e. The number of ketones is 1. The zero-order chi connectivity index (χ0) is 26.8. The van der Waals surface area contributed by atoms with Crippen molar-refractivity contribution in [2.24, 2.45) is 0 Å². The van der Waals surface area contributed by atoms with Crippen molar-refractivity contribution in [2.45, 2.75) is 26.4 Å². The number of aliphatic hydroxyl groups excluding tert-OH is 1. The Hall–Kier alpha value is -4.71. The molecular formula is C32H27NO5. The molecule has 4 aromatic carbocycles. The van der Waals surface area contributed by atoms with Gasteiger partial charge in [0.2, 0.25) is 0 Å². The van der Waals surface area contributed by atoms with Gasteiger partial charge in [-0.2, -0.15) is 0 Å². The molecule has 0 radical (unpaired) electrons. The Morgan fingerprint density at radius 1 is 0.868 bits per heavy atom. The molecule has 1 heterocycles. The number of benzene rings is 4. The normalized spacial score (nSPS) is 16.7. The van der Waals surface area contributed by atoms with E-state index < -0.39 is 23.7 Å². The molecule has 1 saturated heterocycles. The van der Waals surface area contributed by atoms with Gasteiger partial charge in [0, 0.05) is 12.1 Å². The average Bonchev–Trinajstić information content (AvgIpc) is 3.18. The van der Waals surface area contributed by atoms with Gasteiger partial charge < -0.3 is 14.7 Å². The molecular weight excluding hydrogens is 478 g/mol. The molecule has 38 heavy (non-hydrogen) atoms. The fourth-order valence-corrected chi connectivity index (χ4v) is 4.88. The summed E-state index contributed by atoms with van der Waals surface area (Å²) in [6.45, 7) is 4.08. The Bertz CT molecular complexity index is 1590. The molecule has 1 aliphatic rings. The van der Waals surface area contributed by atoms with Crippen molar-refractivity contribution in [1.29, 1.82) is 0 Å². The van der Waals surface area contributed by atoms with Crippen molar-refractivity contribution < 1.29 is 24.2 Å². The number of carbonyl (C=O) groups is 3. The molecule has 6 nitrogen and oxygen atoms in total. The lowest BCUT2D eigenvalue weighted by Gasteiger charge is -2.26. The fourth-order valence-electron chi connectivity index (χ4n) is 4.88. The van der Waals surface area contributed by atoms with E-state index >= 15 is 0 Å². The van der Waals surface area contributed by atoms with Crippen LogP contribution in [0.4, 0.5) is 0 Å². The summed E-state index contributed by atoms with van der Waals surface area (Å²) in [7, 11) is 0. The molecule has 5 rings (SSSR count). The number of ether oxygens (including phenoxy) is 1. The Balaban J connectivity index is 1.58. The first-order valence-electron chi connectivity index (χ1n) is 12.5. The largest absolute Gasteiger partial charge is 0.507 e. The van der Waals surface area contributed by atoms with E-state index in [9.17, 15) is 19.5 Å². The number of hydrogen-bond donors (Lipinski definition) is 1. The third kappa shape index (κ3) is 4.68. The van der Waals surface area contributed by atoms with Crippen LogP contribution in [0.15, 0.2) is 96.6 Å². The lowest BCUT2D eigenvalue weighted by Crippen LogP contribution is -2.29. The maximum atomic E-state index is 13.4. The maximum Gasteiger partial charge on any atom is 0.338 e. The molecule has 1 unspecified atom stereocenters. The summed E-state index contributed by atoms with van der Waals surface area (Å²) in [5.41, 5.74) is 3.37. The zero-order valence-electron chi connectivity index (χ0n) is 21.2. The molecule has 1 amide bonds. The number of nitrogens with zero attached hydrogens (tertiary/aromatic N) is 1. The summed E-state index contributed by atoms with van der Waals surface area (Å²) in [4.78, 5) is 40.3. The monoisotopic (exact) mass is 505 g/mol. The number of hydrogen-bond acceptors (Lipinski definition) is 5. The third-order valence-corrected chi connectivity index (χ3v) is 6.74. The van der Waals surface area contributed by atoms with Crippen molar-refractivity contribution in [2.75, 3.05) is 6.61 Å². The number of esters is 1. The lowest BCUT2D eigenvalue weighted by molar-refractivity contribution is -0.140. The highest BCUT2D eigenvalue weighted by Gasteiger charge is 2.46. The summed E-state index contributed by atoms with van der Waals surface area (Å²) in [6.07, 6.45) is 0. The quantitative estimate of drug-likeness (QED) is 0.152. The van der Waals surface area contributed by atoms with Crippen LogP contribution in [0.25, 0.3) is 16.5 Å². The number of aliphatic hydroxyl groups is 1. The van der Waals surface area contributed by atoms with Crippen molar-refractivity contribution >= 4 is 34.2 Å². The standard InChI is InChI=1S/C32H27NO5/c1-3-38-32(37)23-13-11-21(12-14-23)19-33-28(25-10-6-7-20(2)17-25)27(30(35)31(33)36)29(34)26-16-15-22-8-4-5-9-24(22)18-26/h4-18,28,34H,3,19H2,1-2H3/b29-27-. The minimum absolute atomic E-state index is 0.0547. The highest BCUT2D eigenvalue weighted by atomic mass is 16.5. The van der Waals surface area contributed by atoms with Crippen molar-refractivity contribution in [1.82, 2.24) is 4.90 Å². The van der Waals surface area contributed by atoms with E-state index in [1.165, 1.54) is 4.90 Å². The van der Waals surface area contributed by atoms with Crippen molar-refractivity contribution in [3.8, 4) is 0 Å². The summed E-state index contributed by atoms with van der Waals surface area (Å²) < 4.78 is 5.05. The highest BCUT2D eigenvalue weighted by molar-refractivity contribution is 6.46. The van der Waals surface area contributed by atoms with Crippen LogP contribution in [-0.4, -0.2) is 34.3 Å². The Kier molecular flexibility index (Phi) is 6.79. The van der Waals surface area contributed by atoms with E-state index in [2.05, 4.69) is 0 Å². The molecule has 1 aliphatic heterocycles.